The van der Waals surface area contributed by atoms with Crippen LogP contribution in [-0.4, -0.2) is 21.3 Å². The van der Waals surface area contributed by atoms with Gasteiger partial charge in [-0.3, -0.25) is 0 Å². The zero-order valence-corrected chi connectivity index (χ0v) is 11.7. The number of fused-ring (bicyclic) bond motifs is 1. The largest absolute Gasteiger partial charge is 0.370 e. The van der Waals surface area contributed by atoms with Gasteiger partial charge in [-0.2, -0.15) is 5.10 Å². The van der Waals surface area contributed by atoms with Gasteiger partial charge in [0.05, 0.1) is 4.88 Å². The van der Waals surface area contributed by atoms with Crippen molar-refractivity contribution in [3.63, 3.8) is 0 Å². The molecular formula is C13H12N4S2. The minimum absolute atomic E-state index is 0.268. The fourth-order valence-corrected chi connectivity index (χ4v) is 3.83. The van der Waals surface area contributed by atoms with Crippen LogP contribution in [0.2, 0.25) is 0 Å². The maximum absolute atomic E-state index is 4.76. The van der Waals surface area contributed by atoms with Crippen LogP contribution in [0.25, 0.3) is 10.6 Å². The zero-order chi connectivity index (χ0) is 12.7. The van der Waals surface area contributed by atoms with Crippen LogP contribution in [-0.2, 0) is 0 Å². The molecule has 1 aliphatic heterocycles. The predicted octanol–water partition coefficient (Wildman–Crippen LogP) is 3.47. The monoisotopic (exact) mass is 288 g/mol. The minimum atomic E-state index is 0.268. The maximum Gasteiger partial charge on any atom is 0.125 e. The summed E-state index contributed by atoms with van der Waals surface area (Å²) in [6, 6.07) is 6.57. The molecule has 1 unspecified atom stereocenters. The first-order chi connectivity index (χ1) is 9.42. The molecule has 1 aliphatic rings. The molecular weight excluding hydrogens is 276 g/mol. The quantitative estimate of drug-likeness (QED) is 0.785. The third-order valence-electron chi connectivity index (χ3n) is 3.26. The fourth-order valence-electron chi connectivity index (χ4n) is 2.40. The van der Waals surface area contributed by atoms with E-state index < -0.39 is 0 Å². The summed E-state index contributed by atoms with van der Waals surface area (Å²) >= 11 is 3.42. The van der Waals surface area contributed by atoms with Crippen molar-refractivity contribution in [2.75, 3.05) is 11.9 Å². The number of thiophene rings is 1. The molecule has 0 amide bonds. The van der Waals surface area contributed by atoms with Gasteiger partial charge in [0.2, 0.25) is 0 Å². The molecule has 4 heterocycles. The second kappa shape index (κ2) is 4.47. The van der Waals surface area contributed by atoms with Crippen LogP contribution in [0.5, 0.6) is 0 Å². The molecule has 6 heteroatoms. The molecule has 96 valence electrons. The molecule has 3 aromatic rings. The second-order valence-corrected chi connectivity index (χ2v) is 6.31. The summed E-state index contributed by atoms with van der Waals surface area (Å²) in [7, 11) is 0. The van der Waals surface area contributed by atoms with Gasteiger partial charge in [0.25, 0.3) is 0 Å². The number of rotatable bonds is 2. The lowest BCUT2D eigenvalue weighted by Crippen LogP contribution is -2.24. The van der Waals surface area contributed by atoms with Crippen LogP contribution >= 0.6 is 22.7 Å². The lowest BCUT2D eigenvalue weighted by atomic mass is 10.2. The lowest BCUT2D eigenvalue weighted by molar-refractivity contribution is 0.481. The van der Waals surface area contributed by atoms with E-state index in [2.05, 4.69) is 38.6 Å². The summed E-state index contributed by atoms with van der Waals surface area (Å²) in [4.78, 5) is 5.65. The summed E-state index contributed by atoms with van der Waals surface area (Å²) in [5, 5.41) is 13.4. The van der Waals surface area contributed by atoms with E-state index in [9.17, 15) is 0 Å². The first kappa shape index (κ1) is 11.2. The van der Waals surface area contributed by atoms with Crippen LogP contribution in [0.4, 0.5) is 5.82 Å². The van der Waals surface area contributed by atoms with E-state index in [0.717, 1.165) is 29.5 Å². The molecule has 1 N–H and O–H groups in total. The summed E-state index contributed by atoms with van der Waals surface area (Å²) in [5.74, 6) is 1.09. The molecule has 0 bridgehead atoms. The minimum Gasteiger partial charge on any atom is -0.370 e. The molecule has 0 aliphatic carbocycles. The van der Waals surface area contributed by atoms with Gasteiger partial charge in [0.1, 0.15) is 22.6 Å². The summed E-state index contributed by atoms with van der Waals surface area (Å²) in [5.41, 5.74) is 1.04. The number of anilines is 1. The van der Waals surface area contributed by atoms with E-state index in [4.69, 9.17) is 5.10 Å². The summed E-state index contributed by atoms with van der Waals surface area (Å²) in [6.45, 7) is 0.972. The van der Waals surface area contributed by atoms with Crippen molar-refractivity contribution >= 4 is 28.5 Å². The highest BCUT2D eigenvalue weighted by atomic mass is 32.1. The van der Waals surface area contributed by atoms with Gasteiger partial charge in [0, 0.05) is 24.2 Å². The van der Waals surface area contributed by atoms with Crippen LogP contribution in [0.15, 0.2) is 35.2 Å². The van der Waals surface area contributed by atoms with E-state index in [-0.39, 0.29) is 6.04 Å². The van der Waals surface area contributed by atoms with Crippen molar-refractivity contribution in [1.29, 1.82) is 0 Å². The first-order valence-electron chi connectivity index (χ1n) is 6.18. The average molecular weight is 288 g/mol. The Morgan fingerprint density at radius 2 is 2.32 bits per heavy atom. The standard InChI is InChI=1S/C13H12N4S2/c1-2-11(18-6-1)9-8-12-14-4-3-10(17(12)16-9)13-15-5-7-19-13/h1-2,5-8,10,14H,3-4H2. The lowest BCUT2D eigenvalue weighted by Gasteiger charge is -2.23. The number of thiazole rings is 1. The van der Waals surface area contributed by atoms with Crippen molar-refractivity contribution < 1.29 is 0 Å². The Bertz CT molecular complexity index is 670. The van der Waals surface area contributed by atoms with Crippen molar-refractivity contribution in [2.45, 2.75) is 12.5 Å². The van der Waals surface area contributed by atoms with Crippen molar-refractivity contribution in [3.05, 3.63) is 40.2 Å². The maximum atomic E-state index is 4.76. The SMILES string of the molecule is c1csc(-c2cc3n(n2)C(c2nccs2)CCN3)c1. The van der Waals surface area contributed by atoms with E-state index >= 15 is 0 Å². The topological polar surface area (TPSA) is 42.7 Å². The molecule has 0 radical (unpaired) electrons. The van der Waals surface area contributed by atoms with Crippen LogP contribution < -0.4 is 5.32 Å². The second-order valence-electron chi connectivity index (χ2n) is 4.44. The fraction of sp³-hybridized carbons (Fsp3) is 0.231. The van der Waals surface area contributed by atoms with E-state index in [1.165, 1.54) is 4.88 Å². The van der Waals surface area contributed by atoms with E-state index in [1.807, 2.05) is 11.6 Å². The van der Waals surface area contributed by atoms with Gasteiger partial charge in [-0.15, -0.1) is 22.7 Å². The Balaban J connectivity index is 1.79. The van der Waals surface area contributed by atoms with Crippen molar-refractivity contribution in [1.82, 2.24) is 14.8 Å². The Labute approximate surface area is 118 Å². The number of aromatic nitrogens is 3. The smallest absolute Gasteiger partial charge is 0.125 e. The third-order valence-corrected chi connectivity index (χ3v) is 5.03. The average Bonchev–Trinajstić information content (AvgIpc) is 3.18. The normalized spacial score (nSPS) is 18.0. The van der Waals surface area contributed by atoms with E-state index in [0.29, 0.717) is 0 Å². The number of hydrogen-bond donors (Lipinski definition) is 1. The van der Waals surface area contributed by atoms with Gasteiger partial charge in [-0.1, -0.05) is 6.07 Å². The summed E-state index contributed by atoms with van der Waals surface area (Å²) < 4.78 is 2.08. The molecule has 0 saturated carbocycles. The molecule has 0 aromatic carbocycles. The highest BCUT2D eigenvalue weighted by Gasteiger charge is 2.25. The van der Waals surface area contributed by atoms with Crippen molar-refractivity contribution in [2.24, 2.45) is 0 Å². The van der Waals surface area contributed by atoms with Crippen molar-refractivity contribution in [3.8, 4) is 10.6 Å². The van der Waals surface area contributed by atoms with Crippen LogP contribution in [0.1, 0.15) is 17.5 Å². The Kier molecular flexibility index (Phi) is 2.63. The van der Waals surface area contributed by atoms with E-state index in [1.54, 1.807) is 22.7 Å². The van der Waals surface area contributed by atoms with Gasteiger partial charge < -0.3 is 5.32 Å². The molecule has 0 spiro atoms. The molecule has 4 nitrogen and oxygen atoms in total. The third kappa shape index (κ3) is 1.87. The predicted molar refractivity (Wildman–Crippen MR) is 78.9 cm³/mol. The number of nitrogens with one attached hydrogen (secondary N) is 1. The van der Waals surface area contributed by atoms with Gasteiger partial charge in [0.15, 0.2) is 0 Å². The molecule has 0 saturated heterocycles. The van der Waals surface area contributed by atoms with Gasteiger partial charge in [-0.05, 0) is 17.9 Å². The first-order valence-corrected chi connectivity index (χ1v) is 7.94. The molecule has 4 rings (SSSR count). The molecule has 0 fully saturated rings. The zero-order valence-electron chi connectivity index (χ0n) is 10.1. The number of nitrogens with zero attached hydrogens (tertiary/aromatic N) is 3. The van der Waals surface area contributed by atoms with Crippen LogP contribution in [0.3, 0.4) is 0 Å². The number of hydrogen-bond acceptors (Lipinski definition) is 5. The molecule has 1 atom stereocenters. The highest BCUT2D eigenvalue weighted by Crippen LogP contribution is 2.34. The molecule has 19 heavy (non-hydrogen) atoms. The Morgan fingerprint density at radius 1 is 1.32 bits per heavy atom. The summed E-state index contributed by atoms with van der Waals surface area (Å²) in [6.07, 6.45) is 2.90. The Morgan fingerprint density at radius 3 is 3.11 bits per heavy atom. The van der Waals surface area contributed by atoms with Gasteiger partial charge >= 0.3 is 0 Å². The molecule has 3 aromatic heterocycles. The highest BCUT2D eigenvalue weighted by molar-refractivity contribution is 7.13. The Hall–Kier alpha value is -1.66. The van der Waals surface area contributed by atoms with Gasteiger partial charge in [-0.25, -0.2) is 9.67 Å². The van der Waals surface area contributed by atoms with Crippen LogP contribution in [0, 0.1) is 0 Å².